The maximum absolute atomic E-state index is 11.5. The highest BCUT2D eigenvalue weighted by Crippen LogP contribution is 2.30. The molecule has 6 heteroatoms. The lowest BCUT2D eigenvalue weighted by Crippen LogP contribution is -2.38. The Bertz CT molecular complexity index is 307. The summed E-state index contributed by atoms with van der Waals surface area (Å²) < 4.78 is 24.0. The van der Waals surface area contributed by atoms with Crippen LogP contribution in [0.5, 0.6) is 0 Å². The van der Waals surface area contributed by atoms with Gasteiger partial charge in [-0.15, -0.1) is 0 Å². The highest BCUT2D eigenvalue weighted by molar-refractivity contribution is 7.89. The Morgan fingerprint density at radius 2 is 2.07 bits per heavy atom. The van der Waals surface area contributed by atoms with E-state index in [0.29, 0.717) is 12.5 Å². The van der Waals surface area contributed by atoms with Gasteiger partial charge >= 0.3 is 5.97 Å². The number of rotatable bonds is 6. The monoisotopic (exact) mass is 221 g/mol. The van der Waals surface area contributed by atoms with Crippen LogP contribution in [-0.2, 0) is 14.8 Å². The Labute approximate surface area is 83.8 Å². The van der Waals surface area contributed by atoms with Gasteiger partial charge < -0.3 is 5.11 Å². The number of sulfonamides is 1. The molecule has 0 radical (unpaired) electrons. The van der Waals surface area contributed by atoms with E-state index in [2.05, 4.69) is 0 Å². The molecule has 1 aliphatic carbocycles. The molecule has 82 valence electrons. The summed E-state index contributed by atoms with van der Waals surface area (Å²) in [5, 5.41) is 8.57. The first-order valence-electron chi connectivity index (χ1n) is 4.65. The fraction of sp³-hybridized carbons (Fsp3) is 0.875. The van der Waals surface area contributed by atoms with Crippen LogP contribution in [0.25, 0.3) is 0 Å². The van der Waals surface area contributed by atoms with E-state index in [1.54, 1.807) is 0 Å². The standard InChI is InChI=1S/C8H15NO4S/c1-2-14(12,13)9(6-8(10)11)5-7-3-4-7/h7H,2-6H2,1H3,(H,10,11). The number of hydrogen-bond donors (Lipinski definition) is 1. The van der Waals surface area contributed by atoms with Crippen molar-refractivity contribution in [2.24, 2.45) is 5.92 Å². The Kier molecular flexibility index (Phi) is 3.49. The molecule has 0 aliphatic heterocycles. The van der Waals surface area contributed by atoms with Crippen LogP contribution in [0.4, 0.5) is 0 Å². The first-order valence-corrected chi connectivity index (χ1v) is 6.26. The second-order valence-corrected chi connectivity index (χ2v) is 5.79. The van der Waals surface area contributed by atoms with Crippen LogP contribution in [0.3, 0.4) is 0 Å². The number of carboxylic acids is 1. The molecule has 0 aromatic carbocycles. The molecule has 1 rings (SSSR count). The van der Waals surface area contributed by atoms with Crippen LogP contribution in [-0.4, -0.2) is 42.6 Å². The van der Waals surface area contributed by atoms with Gasteiger partial charge in [-0.25, -0.2) is 8.42 Å². The molecular weight excluding hydrogens is 206 g/mol. The molecule has 1 fully saturated rings. The van der Waals surface area contributed by atoms with Crippen molar-refractivity contribution in [3.05, 3.63) is 0 Å². The third kappa shape index (κ3) is 3.26. The highest BCUT2D eigenvalue weighted by atomic mass is 32.2. The van der Waals surface area contributed by atoms with Crippen molar-refractivity contribution in [2.45, 2.75) is 19.8 Å². The summed E-state index contributed by atoms with van der Waals surface area (Å²) in [4.78, 5) is 10.5. The predicted molar refractivity (Wildman–Crippen MR) is 51.4 cm³/mol. The molecule has 0 unspecified atom stereocenters. The lowest BCUT2D eigenvalue weighted by Gasteiger charge is -2.18. The minimum Gasteiger partial charge on any atom is -0.480 e. The third-order valence-electron chi connectivity index (χ3n) is 2.23. The van der Waals surface area contributed by atoms with Crippen LogP contribution in [0.2, 0.25) is 0 Å². The van der Waals surface area contributed by atoms with E-state index < -0.39 is 22.5 Å². The van der Waals surface area contributed by atoms with Crippen molar-refractivity contribution in [3.8, 4) is 0 Å². The average molecular weight is 221 g/mol. The summed E-state index contributed by atoms with van der Waals surface area (Å²) in [6.07, 6.45) is 2.02. The van der Waals surface area contributed by atoms with E-state index in [4.69, 9.17) is 5.11 Å². The number of hydrogen-bond acceptors (Lipinski definition) is 3. The average Bonchev–Trinajstić information content (AvgIpc) is 2.86. The largest absolute Gasteiger partial charge is 0.480 e. The fourth-order valence-corrected chi connectivity index (χ4v) is 2.31. The Morgan fingerprint density at radius 3 is 2.43 bits per heavy atom. The minimum absolute atomic E-state index is 0.0347. The second kappa shape index (κ2) is 4.27. The summed E-state index contributed by atoms with van der Waals surface area (Å²) in [6, 6.07) is 0. The van der Waals surface area contributed by atoms with E-state index in [9.17, 15) is 13.2 Å². The Morgan fingerprint density at radius 1 is 1.50 bits per heavy atom. The topological polar surface area (TPSA) is 74.7 Å². The molecule has 0 spiro atoms. The maximum Gasteiger partial charge on any atom is 0.318 e. The quantitative estimate of drug-likeness (QED) is 0.692. The van der Waals surface area contributed by atoms with E-state index in [-0.39, 0.29) is 5.75 Å². The zero-order valence-corrected chi connectivity index (χ0v) is 8.96. The fourth-order valence-electron chi connectivity index (χ4n) is 1.20. The molecule has 0 heterocycles. The summed E-state index contributed by atoms with van der Waals surface area (Å²) in [5.41, 5.74) is 0. The SMILES string of the molecule is CCS(=O)(=O)N(CC(=O)O)CC1CC1. The van der Waals surface area contributed by atoms with Gasteiger partial charge in [0.1, 0.15) is 6.54 Å². The Balaban J connectivity index is 2.64. The smallest absolute Gasteiger partial charge is 0.318 e. The van der Waals surface area contributed by atoms with E-state index in [0.717, 1.165) is 17.1 Å². The number of carboxylic acid groups (broad SMARTS) is 1. The zero-order valence-electron chi connectivity index (χ0n) is 8.14. The van der Waals surface area contributed by atoms with Gasteiger partial charge in [-0.05, 0) is 25.7 Å². The van der Waals surface area contributed by atoms with Crippen molar-refractivity contribution in [1.82, 2.24) is 4.31 Å². The molecule has 0 atom stereocenters. The van der Waals surface area contributed by atoms with Gasteiger partial charge in [0, 0.05) is 6.54 Å². The molecule has 0 amide bonds. The van der Waals surface area contributed by atoms with Gasteiger partial charge in [-0.1, -0.05) is 0 Å². The second-order valence-electron chi connectivity index (χ2n) is 3.53. The minimum atomic E-state index is -3.36. The van der Waals surface area contributed by atoms with Gasteiger partial charge in [-0.3, -0.25) is 4.79 Å². The van der Waals surface area contributed by atoms with E-state index in [1.807, 2.05) is 0 Å². The van der Waals surface area contributed by atoms with Crippen molar-refractivity contribution in [1.29, 1.82) is 0 Å². The van der Waals surface area contributed by atoms with Crippen molar-refractivity contribution < 1.29 is 18.3 Å². The lowest BCUT2D eigenvalue weighted by molar-refractivity contribution is -0.137. The maximum atomic E-state index is 11.5. The molecule has 14 heavy (non-hydrogen) atoms. The summed E-state index contributed by atoms with van der Waals surface area (Å²) in [6.45, 7) is 1.48. The van der Waals surface area contributed by atoms with Crippen LogP contribution in [0.1, 0.15) is 19.8 Å². The molecule has 0 aromatic heterocycles. The first kappa shape index (κ1) is 11.5. The van der Waals surface area contributed by atoms with Crippen molar-refractivity contribution in [3.63, 3.8) is 0 Å². The summed E-state index contributed by atoms with van der Waals surface area (Å²) in [7, 11) is -3.36. The molecule has 1 N–H and O–H groups in total. The molecule has 0 bridgehead atoms. The Hall–Kier alpha value is -0.620. The first-order chi connectivity index (χ1) is 6.45. The molecule has 1 aliphatic rings. The third-order valence-corrected chi connectivity index (χ3v) is 4.02. The van der Waals surface area contributed by atoms with E-state index >= 15 is 0 Å². The number of aliphatic carboxylic acids is 1. The predicted octanol–water partition coefficient (Wildman–Crippen LogP) is 0.133. The summed E-state index contributed by atoms with van der Waals surface area (Å²) >= 11 is 0. The summed E-state index contributed by atoms with van der Waals surface area (Å²) in [5.74, 6) is -0.758. The van der Waals surface area contributed by atoms with Gasteiger partial charge in [0.2, 0.25) is 10.0 Å². The van der Waals surface area contributed by atoms with Crippen LogP contribution >= 0.6 is 0 Å². The van der Waals surface area contributed by atoms with E-state index in [1.165, 1.54) is 6.92 Å². The van der Waals surface area contributed by atoms with Gasteiger partial charge in [0.05, 0.1) is 5.75 Å². The van der Waals surface area contributed by atoms with Crippen LogP contribution in [0.15, 0.2) is 0 Å². The molecule has 0 saturated heterocycles. The van der Waals surface area contributed by atoms with Crippen LogP contribution in [0, 0.1) is 5.92 Å². The van der Waals surface area contributed by atoms with Gasteiger partial charge in [0.25, 0.3) is 0 Å². The molecule has 0 aromatic rings. The van der Waals surface area contributed by atoms with Gasteiger partial charge in [-0.2, -0.15) is 4.31 Å². The number of nitrogens with zero attached hydrogens (tertiary/aromatic N) is 1. The number of carbonyl (C=O) groups is 1. The van der Waals surface area contributed by atoms with Crippen molar-refractivity contribution >= 4 is 16.0 Å². The molecule has 5 nitrogen and oxygen atoms in total. The lowest BCUT2D eigenvalue weighted by atomic mass is 10.4. The molecule has 1 saturated carbocycles. The zero-order chi connectivity index (χ0) is 10.8. The highest BCUT2D eigenvalue weighted by Gasteiger charge is 2.30. The molecular formula is C8H15NO4S. The van der Waals surface area contributed by atoms with Gasteiger partial charge in [0.15, 0.2) is 0 Å². The van der Waals surface area contributed by atoms with Crippen LogP contribution < -0.4 is 0 Å². The normalized spacial score (nSPS) is 17.3. The van der Waals surface area contributed by atoms with Crippen molar-refractivity contribution in [2.75, 3.05) is 18.8 Å².